The van der Waals surface area contributed by atoms with Gasteiger partial charge in [0.15, 0.2) is 11.2 Å². The summed E-state index contributed by atoms with van der Waals surface area (Å²) in [6.45, 7) is 4.36. The number of imidazole rings is 1. The number of aromatic nitrogens is 4. The third kappa shape index (κ3) is 2.32. The maximum atomic E-state index is 12.2. The second-order valence-corrected chi connectivity index (χ2v) is 5.68. The van der Waals surface area contributed by atoms with Crippen molar-refractivity contribution in [2.75, 3.05) is 44.2 Å². The van der Waals surface area contributed by atoms with Crippen LogP contribution in [-0.4, -0.2) is 63.5 Å². The van der Waals surface area contributed by atoms with Crippen LogP contribution in [0.25, 0.3) is 11.2 Å². The van der Waals surface area contributed by atoms with Crippen LogP contribution in [0.5, 0.6) is 0 Å². The van der Waals surface area contributed by atoms with Gasteiger partial charge in [0, 0.05) is 14.1 Å². The minimum absolute atomic E-state index is 0.193. The largest absolute Gasteiger partial charge is 0.391 e. The number of quaternary nitrogens is 1. The van der Waals surface area contributed by atoms with E-state index in [1.807, 2.05) is 0 Å². The van der Waals surface area contributed by atoms with Crippen molar-refractivity contribution < 1.29 is 10.0 Å². The number of aliphatic hydroxyl groups excluding tert-OH is 1. The molecule has 0 unspecified atom stereocenters. The number of aryl methyl sites for hydroxylation is 1. The topological polar surface area (TPSA) is 101 Å². The fourth-order valence-corrected chi connectivity index (χ4v) is 2.91. The van der Waals surface area contributed by atoms with Crippen LogP contribution in [0.3, 0.4) is 0 Å². The molecule has 1 fully saturated rings. The summed E-state index contributed by atoms with van der Waals surface area (Å²) in [4.78, 5) is 35.0. The summed E-state index contributed by atoms with van der Waals surface area (Å²) < 4.78 is 2.46. The molecular weight excluding hydrogens is 288 g/mol. The summed E-state index contributed by atoms with van der Waals surface area (Å²) in [5.41, 5.74) is -0.00730. The third-order valence-electron chi connectivity index (χ3n) is 4.32. The Morgan fingerprint density at radius 1 is 1.23 bits per heavy atom. The first-order chi connectivity index (χ1) is 10.5. The predicted octanol–water partition coefficient (Wildman–Crippen LogP) is -3.34. The first-order valence-corrected chi connectivity index (χ1v) is 7.38. The maximum absolute atomic E-state index is 12.2. The average molecular weight is 309 g/mol. The number of aliphatic hydroxyl groups is 1. The van der Waals surface area contributed by atoms with Gasteiger partial charge >= 0.3 is 5.69 Å². The normalized spacial score (nSPS) is 16.6. The molecule has 0 saturated carbocycles. The third-order valence-corrected chi connectivity index (χ3v) is 4.32. The molecule has 0 aliphatic carbocycles. The molecular formula is C13H21N6O3+. The maximum Gasteiger partial charge on any atom is 0.332 e. The van der Waals surface area contributed by atoms with Gasteiger partial charge < -0.3 is 19.9 Å². The number of rotatable bonds is 3. The molecule has 120 valence electrons. The fourth-order valence-electron chi connectivity index (χ4n) is 2.91. The van der Waals surface area contributed by atoms with Crippen LogP contribution < -0.4 is 21.0 Å². The number of fused-ring (bicyclic) bond motifs is 1. The molecule has 0 atom stereocenters. The number of hydrogen-bond donors (Lipinski definition) is 3. The molecule has 1 aliphatic heterocycles. The smallest absolute Gasteiger partial charge is 0.332 e. The number of nitrogens with zero attached hydrogens (tertiary/aromatic N) is 4. The summed E-state index contributed by atoms with van der Waals surface area (Å²) in [5, 5.41) is 8.99. The summed E-state index contributed by atoms with van der Waals surface area (Å²) in [5.74, 6) is 0.622. The van der Waals surface area contributed by atoms with Crippen LogP contribution >= 0.6 is 0 Å². The Morgan fingerprint density at radius 3 is 2.55 bits per heavy atom. The van der Waals surface area contributed by atoms with Gasteiger partial charge in [-0.05, 0) is 0 Å². The van der Waals surface area contributed by atoms with E-state index in [4.69, 9.17) is 5.11 Å². The molecule has 2 aromatic rings. The summed E-state index contributed by atoms with van der Waals surface area (Å²) in [7, 11) is 3.07. The standard InChI is InChI=1S/C13H20N6O3/c1-16-10-9(11(21)17(2)13(16)22)14-12(15-10)19-5-3-18(4-6-19)7-8-20/h20H,3-8H2,1-2H3,(H,14,15)/p+1. The number of piperazine rings is 1. The molecule has 3 N–H and O–H groups in total. The van der Waals surface area contributed by atoms with Crippen molar-refractivity contribution in [3.8, 4) is 0 Å². The van der Waals surface area contributed by atoms with E-state index in [-0.39, 0.29) is 17.9 Å². The Hall–Kier alpha value is -2.13. The predicted molar refractivity (Wildman–Crippen MR) is 81.4 cm³/mol. The second kappa shape index (κ2) is 5.58. The van der Waals surface area contributed by atoms with Crippen LogP contribution in [0.2, 0.25) is 0 Å². The van der Waals surface area contributed by atoms with Gasteiger partial charge in [0.2, 0.25) is 5.95 Å². The van der Waals surface area contributed by atoms with Gasteiger partial charge in [-0.3, -0.25) is 13.9 Å². The van der Waals surface area contributed by atoms with Crippen molar-refractivity contribution in [3.63, 3.8) is 0 Å². The molecule has 1 saturated heterocycles. The van der Waals surface area contributed by atoms with Crippen LogP contribution in [-0.2, 0) is 14.1 Å². The highest BCUT2D eigenvalue weighted by molar-refractivity contribution is 5.72. The molecule has 1 aliphatic rings. The Labute approximate surface area is 126 Å². The van der Waals surface area contributed by atoms with Gasteiger partial charge in [-0.1, -0.05) is 0 Å². The molecule has 0 bridgehead atoms. The average Bonchev–Trinajstić information content (AvgIpc) is 2.97. The van der Waals surface area contributed by atoms with Gasteiger partial charge in [0.05, 0.1) is 32.8 Å². The van der Waals surface area contributed by atoms with Crippen LogP contribution in [0.15, 0.2) is 9.59 Å². The zero-order valence-electron chi connectivity index (χ0n) is 12.8. The Morgan fingerprint density at radius 2 is 1.91 bits per heavy atom. The SMILES string of the molecule is Cn1c(=O)c2[nH]c(N3CC[NH+](CCO)CC3)nc2n(C)c1=O. The summed E-state index contributed by atoms with van der Waals surface area (Å²) >= 11 is 0. The lowest BCUT2D eigenvalue weighted by Gasteiger charge is -2.31. The number of hydrogen-bond acceptors (Lipinski definition) is 5. The minimum atomic E-state index is -0.382. The van der Waals surface area contributed by atoms with Crippen LogP contribution in [0, 0.1) is 0 Å². The van der Waals surface area contributed by atoms with Crippen LogP contribution in [0.1, 0.15) is 0 Å². The van der Waals surface area contributed by atoms with E-state index >= 15 is 0 Å². The van der Waals surface area contributed by atoms with Crippen molar-refractivity contribution in [2.45, 2.75) is 0 Å². The van der Waals surface area contributed by atoms with Crippen molar-refractivity contribution in [1.29, 1.82) is 0 Å². The van der Waals surface area contributed by atoms with Crippen molar-refractivity contribution >= 4 is 17.1 Å². The van der Waals surface area contributed by atoms with Crippen molar-refractivity contribution in [2.24, 2.45) is 14.1 Å². The molecule has 2 aromatic heterocycles. The van der Waals surface area contributed by atoms with Gasteiger partial charge in [-0.25, -0.2) is 4.79 Å². The first kappa shape index (κ1) is 14.8. The highest BCUT2D eigenvalue weighted by Crippen LogP contribution is 2.13. The quantitative estimate of drug-likeness (QED) is 0.550. The molecule has 22 heavy (non-hydrogen) atoms. The first-order valence-electron chi connectivity index (χ1n) is 7.38. The van der Waals surface area contributed by atoms with E-state index in [2.05, 4.69) is 14.9 Å². The van der Waals surface area contributed by atoms with E-state index in [1.54, 1.807) is 7.05 Å². The van der Waals surface area contributed by atoms with E-state index < -0.39 is 0 Å². The second-order valence-electron chi connectivity index (χ2n) is 5.68. The molecule has 9 heteroatoms. The van der Waals surface area contributed by atoms with E-state index in [1.165, 1.54) is 16.5 Å². The lowest BCUT2D eigenvalue weighted by atomic mass is 10.3. The molecule has 3 rings (SSSR count). The Kier molecular flexibility index (Phi) is 3.75. The zero-order chi connectivity index (χ0) is 15.9. The highest BCUT2D eigenvalue weighted by atomic mass is 16.3. The van der Waals surface area contributed by atoms with E-state index in [0.717, 1.165) is 37.3 Å². The van der Waals surface area contributed by atoms with Gasteiger partial charge in [-0.2, -0.15) is 4.98 Å². The lowest BCUT2D eigenvalue weighted by Crippen LogP contribution is -3.15. The lowest BCUT2D eigenvalue weighted by molar-refractivity contribution is -0.900. The minimum Gasteiger partial charge on any atom is -0.391 e. The van der Waals surface area contributed by atoms with Gasteiger partial charge in [0.1, 0.15) is 6.54 Å². The van der Waals surface area contributed by atoms with E-state index in [0.29, 0.717) is 17.1 Å². The number of H-pyrrole nitrogens is 1. The zero-order valence-corrected chi connectivity index (χ0v) is 12.8. The Balaban J connectivity index is 1.94. The highest BCUT2D eigenvalue weighted by Gasteiger charge is 2.23. The van der Waals surface area contributed by atoms with Crippen molar-refractivity contribution in [1.82, 2.24) is 19.1 Å². The van der Waals surface area contributed by atoms with Gasteiger partial charge in [-0.15, -0.1) is 0 Å². The van der Waals surface area contributed by atoms with Crippen molar-refractivity contribution in [3.05, 3.63) is 20.8 Å². The number of aromatic amines is 1. The summed E-state index contributed by atoms with van der Waals surface area (Å²) in [6.07, 6.45) is 0. The number of nitrogens with one attached hydrogen (secondary N) is 2. The number of anilines is 1. The monoisotopic (exact) mass is 309 g/mol. The molecule has 0 amide bonds. The van der Waals surface area contributed by atoms with E-state index in [9.17, 15) is 9.59 Å². The molecule has 9 nitrogen and oxygen atoms in total. The van der Waals surface area contributed by atoms with Gasteiger partial charge in [0.25, 0.3) is 5.56 Å². The summed E-state index contributed by atoms with van der Waals surface area (Å²) in [6, 6.07) is 0. The molecule has 0 aromatic carbocycles. The molecule has 0 spiro atoms. The Bertz CT molecular complexity index is 796. The molecule has 3 heterocycles. The fraction of sp³-hybridized carbons (Fsp3) is 0.615. The molecule has 0 radical (unpaired) electrons. The van der Waals surface area contributed by atoms with Crippen LogP contribution in [0.4, 0.5) is 5.95 Å².